The molecule has 0 spiro atoms. The summed E-state index contributed by atoms with van der Waals surface area (Å²) in [4.78, 5) is 8.06. The van der Waals surface area contributed by atoms with Gasteiger partial charge in [-0.3, -0.25) is 9.11 Å². The molecule has 3 N–H and O–H groups in total. The molecule has 0 fully saturated rings. The van der Waals surface area contributed by atoms with E-state index >= 15 is 0 Å². The largest absolute Gasteiger partial charge is 0.342 e. The van der Waals surface area contributed by atoms with Gasteiger partial charge in [-0.15, -0.1) is 0 Å². The van der Waals surface area contributed by atoms with Crippen molar-refractivity contribution in [2.24, 2.45) is 0 Å². The van der Waals surface area contributed by atoms with Gasteiger partial charge in [0.25, 0.3) is 20.2 Å². The number of aromatic amines is 1. The molecule has 0 saturated heterocycles. The number of H-pyrrole nitrogens is 1. The van der Waals surface area contributed by atoms with E-state index in [1.807, 2.05) is 0 Å². The Balaban J connectivity index is 1.89. The average Bonchev–Trinajstić information content (AvgIpc) is 3.25. The number of unbranched alkanes of at least 4 members (excludes halogenated alkanes) is 11. The van der Waals surface area contributed by atoms with E-state index in [-0.39, 0.29) is 24.2 Å². The highest BCUT2D eigenvalue weighted by Gasteiger charge is 2.22. The maximum absolute atomic E-state index is 12.1. The predicted molar refractivity (Wildman–Crippen MR) is 157 cm³/mol. The number of aromatic nitrogens is 2. The summed E-state index contributed by atoms with van der Waals surface area (Å²) in [7, 11) is -8.63. The number of imidazole rings is 1. The number of aryl methyl sites for hydroxylation is 1. The minimum atomic E-state index is -4.48. The van der Waals surface area contributed by atoms with Crippen LogP contribution in [0.4, 0.5) is 0 Å². The van der Waals surface area contributed by atoms with Gasteiger partial charge in [-0.25, -0.2) is 4.98 Å². The third-order valence-corrected chi connectivity index (χ3v) is 9.56. The molecule has 0 saturated carbocycles. The summed E-state index contributed by atoms with van der Waals surface area (Å²) in [5.41, 5.74) is 1.32. The fraction of sp³-hybridized carbons (Fsp3) is 0.704. The Hall–Kier alpha value is -1.40. The highest BCUT2D eigenvalue weighted by Crippen LogP contribution is 2.27. The molecule has 2 aromatic rings. The number of nitrogens with zero attached hydrogens (tertiary/aromatic N) is 1. The van der Waals surface area contributed by atoms with Crippen LogP contribution in [0.15, 0.2) is 17.0 Å². The summed E-state index contributed by atoms with van der Waals surface area (Å²) in [5, 5.41) is -0.952. The van der Waals surface area contributed by atoms with Gasteiger partial charge in [-0.2, -0.15) is 16.8 Å². The Morgan fingerprint density at radius 2 is 1.47 bits per heavy atom. The molecule has 0 bridgehead atoms. The second kappa shape index (κ2) is 16.0. The van der Waals surface area contributed by atoms with Gasteiger partial charge >= 0.3 is 0 Å². The molecule has 1 aromatic heterocycles. The third kappa shape index (κ3) is 11.4. The van der Waals surface area contributed by atoms with Gasteiger partial charge in [0.1, 0.15) is 5.82 Å². The van der Waals surface area contributed by atoms with E-state index in [9.17, 15) is 25.9 Å². The van der Waals surface area contributed by atoms with Gasteiger partial charge in [0.05, 0.1) is 21.2 Å². The average molecular weight is 589 g/mol. The van der Waals surface area contributed by atoms with Crippen molar-refractivity contribution in [1.29, 1.82) is 0 Å². The van der Waals surface area contributed by atoms with Gasteiger partial charge in [0.15, 0.2) is 0 Å². The van der Waals surface area contributed by atoms with Crippen LogP contribution in [-0.2, 0) is 33.1 Å². The minimum absolute atomic E-state index is 0.149. The molecule has 0 radical (unpaired) electrons. The first kappa shape index (κ1) is 32.8. The molecular weight excluding hydrogens is 545 g/mol. The van der Waals surface area contributed by atoms with Crippen molar-refractivity contribution < 1.29 is 25.9 Å². The van der Waals surface area contributed by atoms with E-state index in [1.165, 1.54) is 76.8 Å². The topological polar surface area (TPSA) is 137 Å². The fourth-order valence-corrected chi connectivity index (χ4v) is 6.06. The van der Waals surface area contributed by atoms with E-state index in [2.05, 4.69) is 16.9 Å². The number of hydrogen-bond donors (Lipinski definition) is 3. The van der Waals surface area contributed by atoms with Gasteiger partial charge in [-0.1, -0.05) is 89.8 Å². The highest BCUT2D eigenvalue weighted by atomic mass is 32.2. The van der Waals surface area contributed by atoms with Crippen LogP contribution in [0.2, 0.25) is 0 Å². The minimum Gasteiger partial charge on any atom is -0.342 e. The molecule has 1 atom stereocenters. The Bertz CT molecular complexity index is 1240. The van der Waals surface area contributed by atoms with Crippen molar-refractivity contribution in [2.45, 2.75) is 127 Å². The zero-order chi connectivity index (χ0) is 28.2. The molecule has 2 rings (SSSR count). The van der Waals surface area contributed by atoms with Crippen molar-refractivity contribution in [2.75, 3.05) is 0 Å². The molecule has 1 heterocycles. The molecule has 11 heteroatoms. The van der Waals surface area contributed by atoms with Gasteiger partial charge in [0.2, 0.25) is 0 Å². The molecule has 1 unspecified atom stereocenters. The van der Waals surface area contributed by atoms with Crippen molar-refractivity contribution >= 4 is 48.4 Å². The second-order valence-electron chi connectivity index (χ2n) is 10.3. The number of benzene rings is 1. The van der Waals surface area contributed by atoms with Crippen LogP contribution in [0, 0.1) is 0 Å². The summed E-state index contributed by atoms with van der Waals surface area (Å²) >= 11 is 5.58. The van der Waals surface area contributed by atoms with E-state index in [1.54, 1.807) is 0 Å². The zero-order valence-electron chi connectivity index (χ0n) is 22.7. The smallest absolute Gasteiger partial charge is 0.294 e. The summed E-state index contributed by atoms with van der Waals surface area (Å²) in [6, 6.07) is 2.86. The van der Waals surface area contributed by atoms with Gasteiger partial charge in [-0.05, 0) is 43.2 Å². The normalized spacial score (nSPS) is 13.3. The Kier molecular flexibility index (Phi) is 13.8. The lowest BCUT2D eigenvalue weighted by Gasteiger charge is -2.09. The van der Waals surface area contributed by atoms with Crippen molar-refractivity contribution in [3.63, 3.8) is 0 Å². The van der Waals surface area contributed by atoms with Crippen molar-refractivity contribution in [1.82, 2.24) is 9.97 Å². The van der Waals surface area contributed by atoms with Crippen LogP contribution in [0.5, 0.6) is 0 Å². The molecule has 0 aliphatic carbocycles. The van der Waals surface area contributed by atoms with Crippen LogP contribution in [-0.4, -0.2) is 46.0 Å². The van der Waals surface area contributed by atoms with Crippen molar-refractivity contribution in [3.05, 3.63) is 23.5 Å². The first-order chi connectivity index (χ1) is 17.9. The quantitative estimate of drug-likeness (QED) is 0.0852. The van der Waals surface area contributed by atoms with E-state index in [0.29, 0.717) is 33.7 Å². The van der Waals surface area contributed by atoms with E-state index in [4.69, 9.17) is 12.2 Å². The molecule has 0 aliphatic rings. The van der Waals surface area contributed by atoms with Crippen LogP contribution >= 0.6 is 12.2 Å². The Morgan fingerprint density at radius 3 is 2.00 bits per heavy atom. The summed E-state index contributed by atoms with van der Waals surface area (Å²) < 4.78 is 65.7. The van der Waals surface area contributed by atoms with Crippen LogP contribution < -0.4 is 0 Å². The SMILES string of the molecule is CCCCCCCCCCCCCCC(=S)Cc1c(S(=O)(=O)O)ccc2[nH]c(CCC(C)S(=O)(=O)O)nc12. The molecule has 8 nitrogen and oxygen atoms in total. The van der Waals surface area contributed by atoms with E-state index in [0.717, 1.165) is 19.3 Å². The second-order valence-corrected chi connectivity index (χ2v) is 14.1. The lowest BCUT2D eigenvalue weighted by Crippen LogP contribution is -2.17. The van der Waals surface area contributed by atoms with Gasteiger partial charge in [0, 0.05) is 18.4 Å². The molecular formula is C27H44N2O6S3. The number of hydrogen-bond acceptors (Lipinski definition) is 6. The molecule has 38 heavy (non-hydrogen) atoms. The number of nitrogens with one attached hydrogen (secondary N) is 1. The first-order valence-corrected chi connectivity index (χ1v) is 17.2. The monoisotopic (exact) mass is 588 g/mol. The summed E-state index contributed by atoms with van der Waals surface area (Å²) in [6.07, 6.45) is 16.2. The summed E-state index contributed by atoms with van der Waals surface area (Å²) in [6.45, 7) is 3.65. The lowest BCUT2D eigenvalue weighted by molar-refractivity contribution is 0.465. The highest BCUT2D eigenvalue weighted by molar-refractivity contribution is 7.86. The van der Waals surface area contributed by atoms with Crippen LogP contribution in [0.1, 0.15) is 115 Å². The van der Waals surface area contributed by atoms with E-state index < -0.39 is 25.5 Å². The Labute approximate surface area is 233 Å². The first-order valence-electron chi connectivity index (χ1n) is 13.9. The maximum Gasteiger partial charge on any atom is 0.294 e. The number of rotatable bonds is 20. The molecule has 0 aliphatic heterocycles. The Morgan fingerprint density at radius 1 is 0.921 bits per heavy atom. The van der Waals surface area contributed by atoms with Gasteiger partial charge < -0.3 is 4.98 Å². The maximum atomic E-state index is 12.1. The third-order valence-electron chi connectivity index (χ3n) is 7.02. The van der Waals surface area contributed by atoms with Crippen LogP contribution in [0.3, 0.4) is 0 Å². The number of fused-ring (bicyclic) bond motifs is 1. The standard InChI is InChI=1S/C27H44N2O6S3/c1-3-4-5-6-7-8-9-10-11-12-13-14-15-22(36)20-23-25(38(33,34)35)18-17-24-27(23)29-26(28-24)19-16-21(2)37(30,31)32/h17-18,21H,3-16,19-20H2,1-2H3,(H,28,29)(H,30,31,32)(H,33,34,35). The molecule has 1 aromatic carbocycles. The van der Waals surface area contributed by atoms with Crippen LogP contribution in [0.25, 0.3) is 11.0 Å². The number of thiocarbonyl (C=S) groups is 1. The molecule has 0 amide bonds. The predicted octanol–water partition coefficient (Wildman–Crippen LogP) is 7.02. The summed E-state index contributed by atoms with van der Waals surface area (Å²) in [5.74, 6) is 0.469. The van der Waals surface area contributed by atoms with Crippen molar-refractivity contribution in [3.8, 4) is 0 Å². The zero-order valence-corrected chi connectivity index (χ0v) is 25.2. The molecule has 216 valence electrons. The fourth-order valence-electron chi connectivity index (χ4n) is 4.63. The lowest BCUT2D eigenvalue weighted by atomic mass is 10.0.